The van der Waals surface area contributed by atoms with Crippen LogP contribution >= 0.6 is 0 Å². The van der Waals surface area contributed by atoms with Gasteiger partial charge in [-0.2, -0.15) is 4.80 Å². The molecule has 0 unspecified atom stereocenters. The fraction of sp³-hybridized carbons (Fsp3) is 0.286. The average Bonchev–Trinajstić information content (AvgIpc) is 3.15. The molecule has 0 spiro atoms. The normalized spacial score (nSPS) is 11.2. The van der Waals surface area contributed by atoms with E-state index < -0.39 is 18.0 Å². The maximum absolute atomic E-state index is 12.0. The van der Waals surface area contributed by atoms with Crippen LogP contribution in [0.15, 0.2) is 48.5 Å². The molecule has 0 aliphatic carbocycles. The minimum atomic E-state index is -1.05. The minimum Gasteiger partial charge on any atom is -0.482 e. The Labute approximate surface area is 173 Å². The second-order valence-corrected chi connectivity index (χ2v) is 7.60. The number of aliphatic carboxylic acids is 1. The van der Waals surface area contributed by atoms with Gasteiger partial charge in [-0.15, -0.1) is 10.2 Å². The Hall–Kier alpha value is -3.75. The molecule has 9 nitrogen and oxygen atoms in total. The van der Waals surface area contributed by atoms with Crippen LogP contribution < -0.4 is 9.47 Å². The molecular formula is C21H22N4O5. The van der Waals surface area contributed by atoms with Gasteiger partial charge in [0.15, 0.2) is 6.61 Å². The minimum absolute atomic E-state index is 0.268. The number of nitrogens with zero attached hydrogens (tertiary/aromatic N) is 4. The summed E-state index contributed by atoms with van der Waals surface area (Å²) in [7, 11) is 0. The lowest BCUT2D eigenvalue weighted by Gasteiger charge is -2.16. The molecule has 0 amide bonds. The lowest BCUT2D eigenvalue weighted by atomic mass is 9.97. The van der Waals surface area contributed by atoms with E-state index >= 15 is 0 Å². The molecule has 0 saturated heterocycles. The molecule has 2 aromatic carbocycles. The highest BCUT2D eigenvalue weighted by Gasteiger charge is 2.23. The van der Waals surface area contributed by atoms with Crippen LogP contribution in [0.5, 0.6) is 11.5 Å². The zero-order valence-corrected chi connectivity index (χ0v) is 16.9. The highest BCUT2D eigenvalue weighted by Crippen LogP contribution is 2.23. The van der Waals surface area contributed by atoms with Crippen LogP contribution in [0.2, 0.25) is 0 Å². The standard InChI is InChI=1S/C21H22N4O5/c1-21(2,3)20(28)30-16-10-8-14(9-11-16)19-22-24-25(23-19)12-15-6-4-5-7-17(15)29-13-18(26)27/h4-11H,12-13H2,1-3H3,(H,26,27). The first-order valence-corrected chi connectivity index (χ1v) is 9.25. The van der Waals surface area contributed by atoms with Gasteiger partial charge in [0.2, 0.25) is 5.82 Å². The highest BCUT2D eigenvalue weighted by atomic mass is 16.5. The van der Waals surface area contributed by atoms with Crippen molar-refractivity contribution in [2.45, 2.75) is 27.3 Å². The predicted octanol–water partition coefficient (Wildman–Crippen LogP) is 2.80. The van der Waals surface area contributed by atoms with Gasteiger partial charge in [0, 0.05) is 11.1 Å². The van der Waals surface area contributed by atoms with Gasteiger partial charge in [-0.3, -0.25) is 4.79 Å². The third-order valence-electron chi connectivity index (χ3n) is 4.02. The maximum Gasteiger partial charge on any atom is 0.341 e. The molecule has 3 aromatic rings. The summed E-state index contributed by atoms with van der Waals surface area (Å²) in [4.78, 5) is 24.1. The number of esters is 1. The molecule has 0 bridgehead atoms. The number of carbonyl (C=O) groups excluding carboxylic acids is 1. The van der Waals surface area contributed by atoms with Gasteiger partial charge in [-0.1, -0.05) is 18.2 Å². The van der Waals surface area contributed by atoms with Gasteiger partial charge in [-0.25, -0.2) is 4.79 Å². The van der Waals surface area contributed by atoms with E-state index in [4.69, 9.17) is 14.6 Å². The smallest absolute Gasteiger partial charge is 0.341 e. The van der Waals surface area contributed by atoms with E-state index in [1.807, 2.05) is 6.07 Å². The van der Waals surface area contributed by atoms with Crippen LogP contribution in [0.4, 0.5) is 0 Å². The first-order chi connectivity index (χ1) is 14.2. The van der Waals surface area contributed by atoms with Crippen molar-refractivity contribution >= 4 is 11.9 Å². The van der Waals surface area contributed by atoms with Crippen molar-refractivity contribution in [3.05, 3.63) is 54.1 Å². The van der Waals surface area contributed by atoms with Crippen molar-refractivity contribution < 1.29 is 24.2 Å². The fourth-order valence-electron chi connectivity index (χ4n) is 2.43. The van der Waals surface area contributed by atoms with E-state index in [-0.39, 0.29) is 12.5 Å². The van der Waals surface area contributed by atoms with Gasteiger partial charge < -0.3 is 14.6 Å². The molecule has 30 heavy (non-hydrogen) atoms. The van der Waals surface area contributed by atoms with Crippen LogP contribution in [-0.2, 0) is 16.1 Å². The molecule has 1 N–H and O–H groups in total. The molecular weight excluding hydrogens is 388 g/mol. The summed E-state index contributed by atoms with van der Waals surface area (Å²) in [5, 5.41) is 21.3. The lowest BCUT2D eigenvalue weighted by Crippen LogP contribution is -2.25. The number of hydrogen-bond acceptors (Lipinski definition) is 7. The SMILES string of the molecule is CC(C)(C)C(=O)Oc1ccc(-c2nnn(Cc3ccccc3OCC(=O)O)n2)cc1. The van der Waals surface area contributed by atoms with Crippen LogP contribution in [0.3, 0.4) is 0 Å². The Bertz CT molecular complexity index is 1040. The fourth-order valence-corrected chi connectivity index (χ4v) is 2.43. The molecule has 1 heterocycles. The number of hydrogen-bond donors (Lipinski definition) is 1. The summed E-state index contributed by atoms with van der Waals surface area (Å²) in [5.74, 6) is -0.0716. The molecule has 0 aliphatic heterocycles. The maximum atomic E-state index is 12.0. The predicted molar refractivity (Wildman–Crippen MR) is 107 cm³/mol. The quantitative estimate of drug-likeness (QED) is 0.467. The van der Waals surface area contributed by atoms with Crippen LogP contribution in [0.25, 0.3) is 11.4 Å². The molecule has 3 rings (SSSR count). The topological polar surface area (TPSA) is 116 Å². The third-order valence-corrected chi connectivity index (χ3v) is 4.02. The second-order valence-electron chi connectivity index (χ2n) is 7.60. The Morgan fingerprint density at radius 3 is 2.43 bits per heavy atom. The first-order valence-electron chi connectivity index (χ1n) is 9.25. The molecule has 0 aliphatic rings. The number of rotatable bonds is 7. The summed E-state index contributed by atoms with van der Waals surface area (Å²) < 4.78 is 10.7. The summed E-state index contributed by atoms with van der Waals surface area (Å²) in [6.45, 7) is 5.20. The number of carboxylic acids is 1. The zero-order chi connectivity index (χ0) is 21.7. The second kappa shape index (κ2) is 8.73. The zero-order valence-electron chi connectivity index (χ0n) is 16.9. The lowest BCUT2D eigenvalue weighted by molar-refractivity contribution is -0.143. The summed E-state index contributed by atoms with van der Waals surface area (Å²) in [6.07, 6.45) is 0. The Balaban J connectivity index is 1.70. The Morgan fingerprint density at radius 2 is 1.77 bits per heavy atom. The van der Waals surface area contributed by atoms with Gasteiger partial charge in [0.25, 0.3) is 0 Å². The van der Waals surface area contributed by atoms with Gasteiger partial charge >= 0.3 is 11.9 Å². The summed E-state index contributed by atoms with van der Waals surface area (Å²) >= 11 is 0. The summed E-state index contributed by atoms with van der Waals surface area (Å²) in [5.41, 5.74) is 0.854. The Kier molecular flexibility index (Phi) is 6.10. The number of tetrazole rings is 1. The number of aromatic nitrogens is 4. The van der Waals surface area contributed by atoms with Gasteiger partial charge in [0.1, 0.15) is 11.5 Å². The molecule has 1 aromatic heterocycles. The van der Waals surface area contributed by atoms with E-state index in [9.17, 15) is 9.59 Å². The van der Waals surface area contributed by atoms with Crippen molar-refractivity contribution in [2.24, 2.45) is 5.41 Å². The monoisotopic (exact) mass is 410 g/mol. The number of ether oxygens (including phenoxy) is 2. The number of carboxylic acid groups (broad SMARTS) is 1. The van der Waals surface area contributed by atoms with E-state index in [0.717, 1.165) is 5.56 Å². The Morgan fingerprint density at radius 1 is 1.07 bits per heavy atom. The van der Waals surface area contributed by atoms with Crippen molar-refractivity contribution in [2.75, 3.05) is 6.61 Å². The van der Waals surface area contributed by atoms with Crippen molar-refractivity contribution in [1.82, 2.24) is 20.2 Å². The van der Waals surface area contributed by atoms with Crippen molar-refractivity contribution in [1.29, 1.82) is 0 Å². The van der Waals surface area contributed by atoms with Gasteiger partial charge in [-0.05, 0) is 56.3 Å². The number of carbonyl (C=O) groups is 2. The van der Waals surface area contributed by atoms with E-state index in [1.54, 1.807) is 63.2 Å². The largest absolute Gasteiger partial charge is 0.482 e. The molecule has 0 radical (unpaired) electrons. The first kappa shape index (κ1) is 21.0. The van der Waals surface area contributed by atoms with Crippen LogP contribution in [0, 0.1) is 5.41 Å². The molecule has 156 valence electrons. The average molecular weight is 410 g/mol. The molecule has 0 fully saturated rings. The van der Waals surface area contributed by atoms with Crippen LogP contribution in [0.1, 0.15) is 26.3 Å². The van der Waals surface area contributed by atoms with E-state index in [1.165, 1.54) is 4.80 Å². The third kappa shape index (κ3) is 5.40. The highest BCUT2D eigenvalue weighted by molar-refractivity contribution is 5.78. The number of para-hydroxylation sites is 1. The number of benzene rings is 2. The molecule has 0 saturated carbocycles. The van der Waals surface area contributed by atoms with E-state index in [2.05, 4.69) is 15.4 Å². The molecule has 9 heteroatoms. The summed E-state index contributed by atoms with van der Waals surface area (Å²) in [6, 6.07) is 13.9. The van der Waals surface area contributed by atoms with E-state index in [0.29, 0.717) is 22.9 Å². The van der Waals surface area contributed by atoms with Gasteiger partial charge in [0.05, 0.1) is 12.0 Å². The van der Waals surface area contributed by atoms with Crippen molar-refractivity contribution in [3.63, 3.8) is 0 Å². The van der Waals surface area contributed by atoms with Crippen molar-refractivity contribution in [3.8, 4) is 22.9 Å². The van der Waals surface area contributed by atoms with Crippen LogP contribution in [-0.4, -0.2) is 43.9 Å². The molecule has 0 atom stereocenters.